The zero-order chi connectivity index (χ0) is 24.5. The molecule has 1 fully saturated rings. The monoisotopic (exact) mass is 520 g/mol. The van der Waals surface area contributed by atoms with Crippen LogP contribution in [0.2, 0.25) is 0 Å². The second-order valence-corrected chi connectivity index (χ2v) is 9.58. The van der Waals surface area contributed by atoms with Gasteiger partial charge in [-0.2, -0.15) is 0 Å². The van der Waals surface area contributed by atoms with Crippen LogP contribution in [0.5, 0.6) is 0 Å². The maximum Gasteiger partial charge on any atom is 1.00 e. The summed E-state index contributed by atoms with van der Waals surface area (Å²) in [5.41, 5.74) is 4.86. The fraction of sp³-hybridized carbons (Fsp3) is 0.333. The summed E-state index contributed by atoms with van der Waals surface area (Å²) in [6.45, 7) is 5.56. The zero-order valence-electron chi connectivity index (χ0n) is 20.1. The van der Waals surface area contributed by atoms with Crippen molar-refractivity contribution in [3.05, 3.63) is 63.1 Å². The molecular weight excluding hydrogens is 493 g/mol. The molecule has 178 valence electrons. The van der Waals surface area contributed by atoms with Crippen LogP contribution in [0.1, 0.15) is 30.4 Å². The molecule has 2 aromatic carbocycles. The Morgan fingerprint density at radius 3 is 2.37 bits per heavy atom. The van der Waals surface area contributed by atoms with Crippen molar-refractivity contribution in [3.8, 4) is 5.69 Å². The summed E-state index contributed by atoms with van der Waals surface area (Å²) >= 11 is 10.5. The molecule has 3 aromatic rings. The van der Waals surface area contributed by atoms with Gasteiger partial charge < -0.3 is 15.2 Å². The Morgan fingerprint density at radius 2 is 1.74 bits per heavy atom. The molecule has 1 amide bonds. The van der Waals surface area contributed by atoms with Gasteiger partial charge in [0.15, 0.2) is 9.54 Å². The van der Waals surface area contributed by atoms with Crippen LogP contribution in [0, 0.1) is 23.4 Å². The summed E-state index contributed by atoms with van der Waals surface area (Å²) in [5, 5.41) is 19.8. The predicted octanol–water partition coefficient (Wildman–Crippen LogP) is 0.462. The van der Waals surface area contributed by atoms with Crippen molar-refractivity contribution >= 4 is 47.7 Å². The molecule has 0 aliphatic carbocycles. The van der Waals surface area contributed by atoms with Crippen molar-refractivity contribution in [2.24, 2.45) is 0 Å². The number of benzene rings is 2. The van der Waals surface area contributed by atoms with Gasteiger partial charge in [-0.05, 0) is 56.5 Å². The number of nitrogens with one attached hydrogen (secondary N) is 3. The standard InChI is InChI=1S/C24H27N5O3S2.Na/c1-15-6-3-7-16(2)22(15)29(14-19(29)13-21(31)32)11-5-10-20(30)25-17-8-4-9-18(12-17)28-23(33)26-27-24(28)34;/h3-4,6-9,12,19H,5,10-11,13-14H2,1-2H3,(H3-,25,26,27,30,31,32,33,34);/q;+1. The van der Waals surface area contributed by atoms with Crippen LogP contribution < -0.4 is 44.5 Å². The number of hydrogen-bond donors (Lipinski definition) is 3. The van der Waals surface area contributed by atoms with Crippen LogP contribution in [-0.4, -0.2) is 45.8 Å². The van der Waals surface area contributed by atoms with Gasteiger partial charge in [-0.3, -0.25) is 24.0 Å². The SMILES string of the molecule is Cc1cccc(C)c1[N+]1(CCCC(=O)Nc2cccc(-n3c(=S)[nH][nH]c3=S)c2)CC1CC(=O)[O-].[Na+]. The molecular formula is C24H27N5NaO3S2+. The van der Waals surface area contributed by atoms with Gasteiger partial charge in [-0.15, -0.1) is 0 Å². The van der Waals surface area contributed by atoms with Crippen molar-refractivity contribution in [1.82, 2.24) is 19.2 Å². The number of amides is 1. The first-order chi connectivity index (χ1) is 16.2. The Labute approximate surface area is 236 Å². The summed E-state index contributed by atoms with van der Waals surface area (Å²) in [5.74, 6) is -1.13. The quantitative estimate of drug-likeness (QED) is 0.165. The average molecular weight is 521 g/mol. The molecule has 0 saturated carbocycles. The van der Waals surface area contributed by atoms with E-state index in [1.54, 1.807) is 4.57 Å². The number of aryl methyl sites for hydroxylation is 2. The molecule has 4 rings (SSSR count). The molecule has 0 spiro atoms. The Balaban J connectivity index is 0.00000342. The van der Waals surface area contributed by atoms with Gasteiger partial charge in [-0.1, -0.05) is 24.3 Å². The molecule has 1 aliphatic heterocycles. The Bertz CT molecular complexity index is 1320. The van der Waals surface area contributed by atoms with Crippen LogP contribution in [0.15, 0.2) is 42.5 Å². The number of carboxylic acid groups (broad SMARTS) is 1. The van der Waals surface area contributed by atoms with Crippen molar-refractivity contribution < 1.29 is 44.3 Å². The molecule has 1 saturated heterocycles. The number of carboxylic acids is 1. The maximum atomic E-state index is 12.7. The predicted molar refractivity (Wildman–Crippen MR) is 135 cm³/mol. The van der Waals surface area contributed by atoms with Gasteiger partial charge in [0.25, 0.3) is 0 Å². The average Bonchev–Trinajstić information content (AvgIpc) is 3.31. The van der Waals surface area contributed by atoms with Crippen molar-refractivity contribution in [2.45, 2.75) is 39.2 Å². The fourth-order valence-electron chi connectivity index (χ4n) is 4.94. The molecule has 1 aliphatic rings. The number of aromatic amines is 2. The third-order valence-corrected chi connectivity index (χ3v) is 6.99. The molecule has 2 atom stereocenters. The molecule has 0 bridgehead atoms. The summed E-state index contributed by atoms with van der Waals surface area (Å²) in [4.78, 5) is 24.0. The second kappa shape index (κ2) is 11.3. The van der Waals surface area contributed by atoms with Gasteiger partial charge in [0.05, 0.1) is 12.2 Å². The number of aliphatic carboxylic acids is 1. The number of aromatic nitrogens is 3. The van der Waals surface area contributed by atoms with E-state index >= 15 is 0 Å². The normalized spacial score (nSPS) is 18.5. The van der Waals surface area contributed by atoms with Crippen molar-refractivity contribution in [2.75, 3.05) is 18.4 Å². The van der Waals surface area contributed by atoms with E-state index in [1.165, 1.54) is 5.69 Å². The minimum atomic E-state index is -1.03. The minimum absolute atomic E-state index is 0. The van der Waals surface area contributed by atoms with Crippen LogP contribution >= 0.6 is 24.4 Å². The number of H-pyrrole nitrogens is 2. The molecule has 1 aromatic heterocycles. The summed E-state index contributed by atoms with van der Waals surface area (Å²) < 4.78 is 3.16. The Kier molecular flexibility index (Phi) is 8.90. The fourth-order valence-corrected chi connectivity index (χ4v) is 5.49. The summed E-state index contributed by atoms with van der Waals surface area (Å²) in [6.07, 6.45) is 0.991. The first kappa shape index (κ1) is 27.5. The van der Waals surface area contributed by atoms with Crippen molar-refractivity contribution in [3.63, 3.8) is 0 Å². The molecule has 35 heavy (non-hydrogen) atoms. The summed E-state index contributed by atoms with van der Waals surface area (Å²) in [7, 11) is 0. The first-order valence-electron chi connectivity index (χ1n) is 11.1. The number of hydrogen-bond acceptors (Lipinski definition) is 5. The molecule has 11 heteroatoms. The van der Waals surface area contributed by atoms with Crippen LogP contribution in [0.4, 0.5) is 11.4 Å². The van der Waals surface area contributed by atoms with Gasteiger partial charge in [-0.25, -0.2) is 0 Å². The first-order valence-corrected chi connectivity index (χ1v) is 12.0. The Hall–Kier alpha value is -2.08. The third-order valence-electron chi connectivity index (χ3n) is 6.42. The summed E-state index contributed by atoms with van der Waals surface area (Å²) in [6, 6.07) is 13.4. The zero-order valence-corrected chi connectivity index (χ0v) is 23.7. The number of para-hydroxylation sites is 1. The third kappa shape index (κ3) is 6.02. The second-order valence-electron chi connectivity index (χ2n) is 8.81. The van der Waals surface area contributed by atoms with E-state index in [-0.39, 0.29) is 47.9 Å². The van der Waals surface area contributed by atoms with Crippen LogP contribution in [-0.2, 0) is 9.59 Å². The van der Waals surface area contributed by atoms with Gasteiger partial charge in [0.1, 0.15) is 18.3 Å². The van der Waals surface area contributed by atoms with E-state index in [4.69, 9.17) is 24.4 Å². The largest absolute Gasteiger partial charge is 1.00 e. The number of carbonyl (C=O) groups excluding carboxylic acids is 2. The van der Waals surface area contributed by atoms with Gasteiger partial charge in [0, 0.05) is 42.0 Å². The number of carbonyl (C=O) groups is 2. The maximum absolute atomic E-state index is 12.7. The smallest absolute Gasteiger partial charge is 0.550 e. The van der Waals surface area contributed by atoms with Gasteiger partial charge in [0.2, 0.25) is 5.91 Å². The van der Waals surface area contributed by atoms with Gasteiger partial charge >= 0.3 is 29.6 Å². The number of anilines is 1. The van der Waals surface area contributed by atoms with Crippen LogP contribution in [0.3, 0.4) is 0 Å². The van der Waals surface area contributed by atoms with E-state index in [0.717, 1.165) is 23.4 Å². The number of nitrogens with zero attached hydrogens (tertiary/aromatic N) is 2. The van der Waals surface area contributed by atoms with E-state index in [2.05, 4.69) is 41.5 Å². The molecule has 0 radical (unpaired) electrons. The number of rotatable bonds is 9. The van der Waals surface area contributed by atoms with E-state index < -0.39 is 5.97 Å². The topological polar surface area (TPSA) is 106 Å². The Morgan fingerprint density at radius 1 is 1.11 bits per heavy atom. The van der Waals surface area contributed by atoms with E-state index in [0.29, 0.717) is 39.1 Å². The van der Waals surface area contributed by atoms with E-state index in [9.17, 15) is 14.7 Å². The molecule has 2 unspecified atom stereocenters. The van der Waals surface area contributed by atoms with E-state index in [1.807, 2.05) is 30.3 Å². The molecule has 8 nitrogen and oxygen atoms in total. The number of quaternary nitrogens is 1. The van der Waals surface area contributed by atoms with Crippen molar-refractivity contribution in [1.29, 1.82) is 0 Å². The van der Waals surface area contributed by atoms with Crippen LogP contribution in [0.25, 0.3) is 5.69 Å². The minimum Gasteiger partial charge on any atom is -0.550 e. The molecule has 2 heterocycles. The molecule has 3 N–H and O–H groups in total.